The zero-order valence-corrected chi connectivity index (χ0v) is 13.6. The summed E-state index contributed by atoms with van der Waals surface area (Å²) >= 11 is 6.14. The number of nitrogens with zero attached hydrogens (tertiary/aromatic N) is 4. The third-order valence-electron chi connectivity index (χ3n) is 3.92. The smallest absolute Gasteiger partial charge is 0.248 e. The number of ether oxygens (including phenoxy) is 1. The molecule has 7 heteroatoms. The molecule has 6 nitrogen and oxygen atoms in total. The van der Waals surface area contributed by atoms with E-state index in [9.17, 15) is 0 Å². The third-order valence-corrected chi connectivity index (χ3v) is 4.15. The Morgan fingerprint density at radius 1 is 1.17 bits per heavy atom. The van der Waals surface area contributed by atoms with Gasteiger partial charge in [-0.25, -0.2) is 0 Å². The molecule has 1 aliphatic rings. The van der Waals surface area contributed by atoms with E-state index in [0.717, 1.165) is 22.6 Å². The molecule has 1 aromatic heterocycles. The SMILES string of the molecule is COc1ccc(C2=C[C@@H](c3cccc(Cl)c3)n3nnnc3N2)cc1. The van der Waals surface area contributed by atoms with Crippen molar-refractivity contribution in [1.82, 2.24) is 20.2 Å². The van der Waals surface area contributed by atoms with E-state index >= 15 is 0 Å². The molecule has 0 amide bonds. The van der Waals surface area contributed by atoms with E-state index in [2.05, 4.69) is 26.9 Å². The first kappa shape index (κ1) is 14.7. The van der Waals surface area contributed by atoms with Gasteiger partial charge in [0.15, 0.2) is 0 Å². The predicted molar refractivity (Wildman–Crippen MR) is 92.0 cm³/mol. The van der Waals surface area contributed by atoms with Crippen molar-refractivity contribution in [3.8, 4) is 5.75 Å². The van der Waals surface area contributed by atoms with Gasteiger partial charge in [0.1, 0.15) is 11.8 Å². The molecule has 2 aromatic carbocycles. The first-order valence-corrected chi connectivity index (χ1v) is 7.79. The summed E-state index contributed by atoms with van der Waals surface area (Å²) in [4.78, 5) is 0. The molecular formula is C17H14ClN5O. The normalized spacial score (nSPS) is 16.1. The van der Waals surface area contributed by atoms with Gasteiger partial charge in [0.2, 0.25) is 5.95 Å². The van der Waals surface area contributed by atoms with Gasteiger partial charge in [-0.3, -0.25) is 0 Å². The summed E-state index contributed by atoms with van der Waals surface area (Å²) in [6.07, 6.45) is 2.08. The van der Waals surface area contributed by atoms with E-state index in [-0.39, 0.29) is 6.04 Å². The molecule has 0 spiro atoms. The summed E-state index contributed by atoms with van der Waals surface area (Å²) in [5.74, 6) is 1.40. The molecule has 1 N–H and O–H groups in total. The van der Waals surface area contributed by atoms with E-state index in [1.807, 2.05) is 48.5 Å². The molecule has 0 aliphatic carbocycles. The highest BCUT2D eigenvalue weighted by molar-refractivity contribution is 6.30. The number of tetrazole rings is 1. The molecule has 0 saturated heterocycles. The quantitative estimate of drug-likeness (QED) is 0.792. The van der Waals surface area contributed by atoms with Crippen molar-refractivity contribution in [3.05, 3.63) is 70.8 Å². The standard InChI is InChI=1S/C17H14ClN5O/c1-24-14-7-5-11(6-8-14)15-10-16(12-3-2-4-13(18)9-12)23-17(19-15)20-21-22-23/h2-10,16H,1H3,(H,19,20,22)/t16-/m0/s1. The summed E-state index contributed by atoms with van der Waals surface area (Å²) in [5.41, 5.74) is 2.98. The predicted octanol–water partition coefficient (Wildman–Crippen LogP) is 3.39. The number of fused-ring (bicyclic) bond motifs is 1. The van der Waals surface area contributed by atoms with Crippen LogP contribution in [0, 0.1) is 0 Å². The number of benzene rings is 2. The minimum atomic E-state index is -0.132. The molecule has 24 heavy (non-hydrogen) atoms. The summed E-state index contributed by atoms with van der Waals surface area (Å²) in [6, 6.07) is 15.4. The van der Waals surface area contributed by atoms with Gasteiger partial charge in [-0.2, -0.15) is 4.68 Å². The van der Waals surface area contributed by atoms with Gasteiger partial charge in [0.25, 0.3) is 0 Å². The molecular weight excluding hydrogens is 326 g/mol. The van der Waals surface area contributed by atoms with Gasteiger partial charge in [-0.1, -0.05) is 28.8 Å². The summed E-state index contributed by atoms with van der Waals surface area (Å²) in [5, 5.41) is 15.9. The first-order valence-electron chi connectivity index (χ1n) is 7.41. The maximum absolute atomic E-state index is 6.14. The number of halogens is 1. The Balaban J connectivity index is 1.78. The van der Waals surface area contributed by atoms with Crippen LogP contribution in [0.5, 0.6) is 5.75 Å². The van der Waals surface area contributed by atoms with Crippen molar-refractivity contribution in [2.45, 2.75) is 6.04 Å². The van der Waals surface area contributed by atoms with Gasteiger partial charge < -0.3 is 10.1 Å². The maximum atomic E-state index is 6.14. The molecule has 0 fully saturated rings. The number of allylic oxidation sites excluding steroid dienone is 1. The maximum Gasteiger partial charge on any atom is 0.248 e. The number of rotatable bonds is 3. The second kappa shape index (κ2) is 5.98. The van der Waals surface area contributed by atoms with Gasteiger partial charge in [-0.05, 0) is 64.0 Å². The van der Waals surface area contributed by atoms with Crippen molar-refractivity contribution in [1.29, 1.82) is 0 Å². The van der Waals surface area contributed by atoms with Crippen molar-refractivity contribution in [3.63, 3.8) is 0 Å². The van der Waals surface area contributed by atoms with Crippen molar-refractivity contribution >= 4 is 23.2 Å². The van der Waals surface area contributed by atoms with Crippen molar-refractivity contribution in [2.75, 3.05) is 12.4 Å². The second-order valence-corrected chi connectivity index (χ2v) is 5.82. The number of anilines is 1. The highest BCUT2D eigenvalue weighted by atomic mass is 35.5. The van der Waals surface area contributed by atoms with E-state index in [0.29, 0.717) is 11.0 Å². The van der Waals surface area contributed by atoms with Gasteiger partial charge in [-0.15, -0.1) is 0 Å². The second-order valence-electron chi connectivity index (χ2n) is 5.38. The van der Waals surface area contributed by atoms with E-state index in [1.165, 1.54) is 0 Å². The lowest BCUT2D eigenvalue weighted by molar-refractivity contribution is 0.415. The molecule has 0 bridgehead atoms. The average molecular weight is 340 g/mol. The van der Waals surface area contributed by atoms with Gasteiger partial charge in [0.05, 0.1) is 7.11 Å². The molecule has 0 unspecified atom stereocenters. The fourth-order valence-corrected chi connectivity index (χ4v) is 2.92. The Morgan fingerprint density at radius 3 is 2.75 bits per heavy atom. The minimum Gasteiger partial charge on any atom is -0.497 e. The number of methoxy groups -OCH3 is 1. The minimum absolute atomic E-state index is 0.132. The first-order chi connectivity index (χ1) is 11.7. The fraction of sp³-hybridized carbons (Fsp3) is 0.118. The van der Waals surface area contributed by atoms with Crippen LogP contribution < -0.4 is 10.1 Å². The van der Waals surface area contributed by atoms with E-state index in [4.69, 9.17) is 16.3 Å². The van der Waals surface area contributed by atoms with Crippen LogP contribution in [0.3, 0.4) is 0 Å². The summed E-state index contributed by atoms with van der Waals surface area (Å²) in [7, 11) is 1.65. The molecule has 120 valence electrons. The number of nitrogens with one attached hydrogen (secondary N) is 1. The van der Waals surface area contributed by atoms with Crippen LogP contribution in [-0.4, -0.2) is 27.3 Å². The zero-order valence-electron chi connectivity index (χ0n) is 12.8. The van der Waals surface area contributed by atoms with Crippen LogP contribution >= 0.6 is 11.6 Å². The van der Waals surface area contributed by atoms with Crippen molar-refractivity contribution in [2.24, 2.45) is 0 Å². The number of hydrogen-bond acceptors (Lipinski definition) is 5. The molecule has 3 aromatic rings. The lowest BCUT2D eigenvalue weighted by Gasteiger charge is -2.23. The Morgan fingerprint density at radius 2 is 2.00 bits per heavy atom. The monoisotopic (exact) mass is 339 g/mol. The van der Waals surface area contributed by atoms with Crippen LogP contribution in [0.4, 0.5) is 5.95 Å². The van der Waals surface area contributed by atoms with Crippen LogP contribution in [0.2, 0.25) is 5.02 Å². The zero-order chi connectivity index (χ0) is 16.5. The third kappa shape index (κ3) is 2.61. The van der Waals surface area contributed by atoms with Crippen molar-refractivity contribution < 1.29 is 4.74 Å². The Bertz CT molecular complexity index is 903. The highest BCUT2D eigenvalue weighted by Crippen LogP contribution is 2.32. The lowest BCUT2D eigenvalue weighted by atomic mass is 10.0. The Hall–Kier alpha value is -2.86. The van der Waals surface area contributed by atoms with Crippen LogP contribution in [0.1, 0.15) is 17.2 Å². The topological polar surface area (TPSA) is 64.9 Å². The Kier molecular flexibility index (Phi) is 3.66. The van der Waals surface area contributed by atoms with Gasteiger partial charge >= 0.3 is 0 Å². The molecule has 4 rings (SSSR count). The lowest BCUT2D eigenvalue weighted by Crippen LogP contribution is -2.20. The molecule has 0 saturated carbocycles. The molecule has 1 atom stereocenters. The van der Waals surface area contributed by atoms with Crippen LogP contribution in [0.25, 0.3) is 5.70 Å². The largest absolute Gasteiger partial charge is 0.497 e. The average Bonchev–Trinajstić information content (AvgIpc) is 3.09. The highest BCUT2D eigenvalue weighted by Gasteiger charge is 2.24. The number of hydrogen-bond donors (Lipinski definition) is 1. The molecule has 1 aliphatic heterocycles. The summed E-state index contributed by atoms with van der Waals surface area (Å²) < 4.78 is 6.95. The molecule has 0 radical (unpaired) electrons. The van der Waals surface area contributed by atoms with Crippen LogP contribution in [-0.2, 0) is 0 Å². The van der Waals surface area contributed by atoms with Gasteiger partial charge in [0, 0.05) is 10.7 Å². The van der Waals surface area contributed by atoms with Crippen LogP contribution in [0.15, 0.2) is 54.6 Å². The fourth-order valence-electron chi connectivity index (χ4n) is 2.72. The van der Waals surface area contributed by atoms with E-state index in [1.54, 1.807) is 11.8 Å². The summed E-state index contributed by atoms with van der Waals surface area (Å²) in [6.45, 7) is 0. The Labute approximate surface area is 143 Å². The van der Waals surface area contributed by atoms with E-state index < -0.39 is 0 Å². The number of aromatic nitrogens is 4. The molecule has 2 heterocycles.